The lowest BCUT2D eigenvalue weighted by Crippen LogP contribution is -2.21. The number of aromatic nitrogens is 2. The Hall–Kier alpha value is -0.870. The second-order valence-corrected chi connectivity index (χ2v) is 5.44. The van der Waals surface area contributed by atoms with Crippen molar-refractivity contribution in [1.82, 2.24) is 14.7 Å². The van der Waals surface area contributed by atoms with Gasteiger partial charge in [-0.1, -0.05) is 6.92 Å². The van der Waals surface area contributed by atoms with Gasteiger partial charge in [-0.15, -0.1) is 0 Å². The minimum absolute atomic E-state index is 0.323. The normalized spacial score (nSPS) is 20.8. The topological polar surface area (TPSA) is 41.3 Å². The summed E-state index contributed by atoms with van der Waals surface area (Å²) in [6, 6.07) is 0. The maximum atomic E-state index is 9.19. The third-order valence-corrected chi connectivity index (χ3v) is 3.98. The summed E-state index contributed by atoms with van der Waals surface area (Å²) < 4.78 is 2.13. The summed E-state index contributed by atoms with van der Waals surface area (Å²) in [6.07, 6.45) is 2.25. The van der Waals surface area contributed by atoms with Crippen LogP contribution in [0.25, 0.3) is 0 Å². The third kappa shape index (κ3) is 2.75. The van der Waals surface area contributed by atoms with Gasteiger partial charge in [-0.3, -0.25) is 9.58 Å². The minimum atomic E-state index is 0.323. The van der Waals surface area contributed by atoms with E-state index in [9.17, 15) is 5.11 Å². The number of hydrogen-bond donors (Lipinski definition) is 1. The summed E-state index contributed by atoms with van der Waals surface area (Å²) in [5.74, 6) is 0.469. The second-order valence-electron chi connectivity index (χ2n) is 5.44. The van der Waals surface area contributed by atoms with Crippen LogP contribution in [0.3, 0.4) is 0 Å². The molecule has 1 aromatic rings. The first-order valence-corrected chi connectivity index (χ1v) is 7.01. The number of aliphatic hydroxyl groups is 1. The molecular formula is C14H25N3O. The zero-order chi connectivity index (χ0) is 13.1. The molecule has 1 fully saturated rings. The fourth-order valence-electron chi connectivity index (χ4n) is 2.82. The van der Waals surface area contributed by atoms with Crippen LogP contribution in [0.4, 0.5) is 0 Å². The zero-order valence-corrected chi connectivity index (χ0v) is 11.8. The van der Waals surface area contributed by atoms with Crippen LogP contribution < -0.4 is 0 Å². The Balaban J connectivity index is 2.05. The SMILES string of the molecule is CCCn1nc(C)c(CN2CCC(CO)C2)c1C. The van der Waals surface area contributed by atoms with E-state index in [0.717, 1.165) is 44.7 Å². The van der Waals surface area contributed by atoms with Crippen molar-refractivity contribution in [2.75, 3.05) is 19.7 Å². The molecule has 0 amide bonds. The van der Waals surface area contributed by atoms with Crippen molar-refractivity contribution in [1.29, 1.82) is 0 Å². The van der Waals surface area contributed by atoms with Crippen LogP contribution in [0.2, 0.25) is 0 Å². The van der Waals surface area contributed by atoms with Crippen molar-refractivity contribution >= 4 is 0 Å². The smallest absolute Gasteiger partial charge is 0.0641 e. The summed E-state index contributed by atoms with van der Waals surface area (Å²) in [5.41, 5.74) is 3.84. The molecule has 4 heteroatoms. The van der Waals surface area contributed by atoms with Gasteiger partial charge in [-0.25, -0.2) is 0 Å². The van der Waals surface area contributed by atoms with Crippen molar-refractivity contribution in [3.63, 3.8) is 0 Å². The molecule has 0 radical (unpaired) electrons. The summed E-state index contributed by atoms with van der Waals surface area (Å²) in [5, 5.41) is 13.8. The molecule has 0 aromatic carbocycles. The standard InChI is InChI=1S/C14H25N3O/c1-4-6-17-12(3)14(11(2)15-17)9-16-7-5-13(8-16)10-18/h13,18H,4-10H2,1-3H3. The van der Waals surface area contributed by atoms with Crippen LogP contribution in [-0.4, -0.2) is 39.5 Å². The van der Waals surface area contributed by atoms with E-state index in [2.05, 4.69) is 35.5 Å². The number of likely N-dealkylation sites (tertiary alicyclic amines) is 1. The van der Waals surface area contributed by atoms with Gasteiger partial charge in [0.05, 0.1) is 5.69 Å². The van der Waals surface area contributed by atoms with E-state index in [1.807, 2.05) is 0 Å². The molecule has 0 bridgehead atoms. The van der Waals surface area contributed by atoms with E-state index in [4.69, 9.17) is 0 Å². The Morgan fingerprint density at radius 2 is 2.17 bits per heavy atom. The summed E-state index contributed by atoms with van der Waals surface area (Å²) in [4.78, 5) is 2.44. The molecule has 2 heterocycles. The molecule has 1 saturated heterocycles. The van der Waals surface area contributed by atoms with E-state index in [1.165, 1.54) is 11.3 Å². The molecule has 4 nitrogen and oxygen atoms in total. The first-order valence-electron chi connectivity index (χ1n) is 7.01. The lowest BCUT2D eigenvalue weighted by atomic mass is 10.1. The molecule has 1 unspecified atom stereocenters. The average Bonchev–Trinajstić information content (AvgIpc) is 2.91. The summed E-state index contributed by atoms with van der Waals surface area (Å²) in [7, 11) is 0. The number of aliphatic hydroxyl groups excluding tert-OH is 1. The van der Waals surface area contributed by atoms with Crippen LogP contribution >= 0.6 is 0 Å². The van der Waals surface area contributed by atoms with Crippen LogP contribution in [0, 0.1) is 19.8 Å². The molecule has 1 aromatic heterocycles. The predicted octanol–water partition coefficient (Wildman–Crippen LogP) is 1.72. The molecule has 1 N–H and O–H groups in total. The monoisotopic (exact) mass is 251 g/mol. The largest absolute Gasteiger partial charge is 0.396 e. The van der Waals surface area contributed by atoms with Gasteiger partial charge >= 0.3 is 0 Å². The van der Waals surface area contributed by atoms with E-state index in [-0.39, 0.29) is 0 Å². The van der Waals surface area contributed by atoms with E-state index < -0.39 is 0 Å². The number of aryl methyl sites for hydroxylation is 2. The van der Waals surface area contributed by atoms with Gasteiger partial charge in [-0.05, 0) is 39.2 Å². The lowest BCUT2D eigenvalue weighted by Gasteiger charge is -2.16. The number of nitrogens with zero attached hydrogens (tertiary/aromatic N) is 3. The Morgan fingerprint density at radius 3 is 2.78 bits per heavy atom. The molecule has 102 valence electrons. The Morgan fingerprint density at radius 1 is 1.39 bits per heavy atom. The van der Waals surface area contributed by atoms with Crippen molar-refractivity contribution in [3.8, 4) is 0 Å². The van der Waals surface area contributed by atoms with Gasteiger partial charge in [0.25, 0.3) is 0 Å². The van der Waals surface area contributed by atoms with E-state index >= 15 is 0 Å². The van der Waals surface area contributed by atoms with Gasteiger partial charge < -0.3 is 5.11 Å². The van der Waals surface area contributed by atoms with Crippen LogP contribution in [-0.2, 0) is 13.1 Å². The lowest BCUT2D eigenvalue weighted by molar-refractivity contribution is 0.220. The molecule has 18 heavy (non-hydrogen) atoms. The third-order valence-electron chi connectivity index (χ3n) is 3.98. The van der Waals surface area contributed by atoms with Gasteiger partial charge in [0.1, 0.15) is 0 Å². The predicted molar refractivity (Wildman–Crippen MR) is 72.5 cm³/mol. The van der Waals surface area contributed by atoms with Gasteiger partial charge in [-0.2, -0.15) is 5.10 Å². The van der Waals surface area contributed by atoms with Crippen molar-refractivity contribution in [2.24, 2.45) is 5.92 Å². The zero-order valence-electron chi connectivity index (χ0n) is 11.8. The highest BCUT2D eigenvalue weighted by molar-refractivity contribution is 5.24. The average molecular weight is 251 g/mol. The van der Waals surface area contributed by atoms with E-state index in [0.29, 0.717) is 12.5 Å². The minimum Gasteiger partial charge on any atom is -0.396 e. The molecule has 0 spiro atoms. The first-order chi connectivity index (χ1) is 8.65. The molecule has 0 aliphatic carbocycles. The van der Waals surface area contributed by atoms with Gasteiger partial charge in [0.15, 0.2) is 0 Å². The molecular weight excluding hydrogens is 226 g/mol. The van der Waals surface area contributed by atoms with Crippen molar-refractivity contribution < 1.29 is 5.11 Å². The first kappa shape index (κ1) is 13.6. The van der Waals surface area contributed by atoms with Gasteiger partial charge in [0.2, 0.25) is 0 Å². The Bertz CT molecular complexity index is 400. The Kier molecular flexibility index (Phi) is 4.40. The highest BCUT2D eigenvalue weighted by atomic mass is 16.3. The van der Waals surface area contributed by atoms with Crippen molar-refractivity contribution in [3.05, 3.63) is 17.0 Å². The molecule has 0 saturated carbocycles. The second kappa shape index (κ2) is 5.85. The summed E-state index contributed by atoms with van der Waals surface area (Å²) in [6.45, 7) is 10.9. The summed E-state index contributed by atoms with van der Waals surface area (Å²) >= 11 is 0. The maximum absolute atomic E-state index is 9.19. The fourth-order valence-corrected chi connectivity index (χ4v) is 2.82. The quantitative estimate of drug-likeness (QED) is 0.866. The van der Waals surface area contributed by atoms with Gasteiger partial charge in [0, 0.05) is 37.5 Å². The van der Waals surface area contributed by atoms with E-state index in [1.54, 1.807) is 0 Å². The fraction of sp³-hybridized carbons (Fsp3) is 0.786. The van der Waals surface area contributed by atoms with Crippen LogP contribution in [0.1, 0.15) is 36.7 Å². The Labute approximate surface area is 110 Å². The molecule has 1 aliphatic heterocycles. The number of rotatable bonds is 5. The van der Waals surface area contributed by atoms with Crippen LogP contribution in [0.15, 0.2) is 0 Å². The highest BCUT2D eigenvalue weighted by Gasteiger charge is 2.23. The van der Waals surface area contributed by atoms with Crippen molar-refractivity contribution in [2.45, 2.75) is 46.7 Å². The molecule has 1 aliphatic rings. The highest BCUT2D eigenvalue weighted by Crippen LogP contribution is 2.21. The van der Waals surface area contributed by atoms with Crippen LogP contribution in [0.5, 0.6) is 0 Å². The maximum Gasteiger partial charge on any atom is 0.0641 e. The number of hydrogen-bond acceptors (Lipinski definition) is 3. The molecule has 1 atom stereocenters. The molecule has 2 rings (SSSR count).